The van der Waals surface area contributed by atoms with E-state index in [0.29, 0.717) is 23.3 Å². The zero-order chi connectivity index (χ0) is 15.1. The molecule has 1 heterocycles. The minimum Gasteiger partial charge on any atom is -0.383 e. The van der Waals surface area contributed by atoms with Crippen molar-refractivity contribution in [3.63, 3.8) is 0 Å². The van der Waals surface area contributed by atoms with Gasteiger partial charge in [0.1, 0.15) is 4.47 Å². The average molecular weight is 347 g/mol. The van der Waals surface area contributed by atoms with Crippen LogP contribution in [0.2, 0.25) is 0 Å². The molecule has 0 atom stereocenters. The van der Waals surface area contributed by atoms with Crippen LogP contribution >= 0.6 is 15.9 Å². The number of methoxy groups -OCH3 is 1. The van der Waals surface area contributed by atoms with Gasteiger partial charge in [-0.3, -0.25) is 9.59 Å². The van der Waals surface area contributed by atoms with E-state index in [-0.39, 0.29) is 24.1 Å². The number of carbonyl (C=O) groups is 1. The summed E-state index contributed by atoms with van der Waals surface area (Å²) < 4.78 is 6.55. The minimum atomic E-state index is -0.267. The number of aromatic nitrogens is 2. The first-order valence-electron chi connectivity index (χ1n) is 6.23. The third-order valence-electron chi connectivity index (χ3n) is 2.38. The van der Waals surface area contributed by atoms with Gasteiger partial charge >= 0.3 is 0 Å². The Morgan fingerprint density at radius 2 is 2.25 bits per heavy atom. The predicted octanol–water partition coefficient (Wildman–Crippen LogP) is 0.589. The number of amides is 1. The van der Waals surface area contributed by atoms with E-state index in [9.17, 15) is 9.59 Å². The number of nitrogens with zero attached hydrogens (tertiary/aromatic N) is 2. The summed E-state index contributed by atoms with van der Waals surface area (Å²) in [4.78, 5) is 23.5. The van der Waals surface area contributed by atoms with Gasteiger partial charge in [-0.1, -0.05) is 0 Å². The molecule has 0 aromatic carbocycles. The van der Waals surface area contributed by atoms with Gasteiger partial charge in [0.2, 0.25) is 5.91 Å². The number of ether oxygens (including phenoxy) is 1. The van der Waals surface area contributed by atoms with E-state index < -0.39 is 0 Å². The van der Waals surface area contributed by atoms with Crippen LogP contribution < -0.4 is 16.2 Å². The molecule has 1 amide bonds. The Balaban J connectivity index is 2.70. The van der Waals surface area contributed by atoms with Gasteiger partial charge in [0, 0.05) is 13.2 Å². The standard InChI is InChI=1S/C12H19BrN4O3/c1-8(2)16-10(18)7-14-9-6-15-17(4-5-20-3)12(19)11(9)13/h6,8,14H,4-5,7H2,1-3H3,(H,16,18). The van der Waals surface area contributed by atoms with Crippen LogP contribution in [-0.4, -0.2) is 42.0 Å². The van der Waals surface area contributed by atoms with Crippen molar-refractivity contribution in [2.24, 2.45) is 0 Å². The highest BCUT2D eigenvalue weighted by atomic mass is 79.9. The summed E-state index contributed by atoms with van der Waals surface area (Å²) in [5, 5.41) is 9.64. The molecule has 0 spiro atoms. The van der Waals surface area contributed by atoms with Crippen LogP contribution in [0.3, 0.4) is 0 Å². The molecule has 1 aromatic rings. The Morgan fingerprint density at radius 1 is 1.55 bits per heavy atom. The lowest BCUT2D eigenvalue weighted by atomic mass is 10.4. The highest BCUT2D eigenvalue weighted by Crippen LogP contribution is 2.15. The summed E-state index contributed by atoms with van der Waals surface area (Å²) >= 11 is 3.22. The van der Waals surface area contributed by atoms with Gasteiger partial charge in [-0.15, -0.1) is 0 Å². The molecule has 0 aliphatic rings. The van der Waals surface area contributed by atoms with E-state index in [1.54, 1.807) is 7.11 Å². The molecule has 0 saturated carbocycles. The third kappa shape index (κ3) is 4.93. The number of carbonyl (C=O) groups excluding carboxylic acids is 1. The number of rotatable bonds is 7. The number of hydrogen-bond donors (Lipinski definition) is 2. The zero-order valence-electron chi connectivity index (χ0n) is 11.8. The second kappa shape index (κ2) is 8.01. The summed E-state index contributed by atoms with van der Waals surface area (Å²) in [6.45, 7) is 4.63. The minimum absolute atomic E-state index is 0.0768. The molecule has 1 rings (SSSR count). The second-order valence-corrected chi connectivity index (χ2v) is 5.26. The van der Waals surface area contributed by atoms with Crippen molar-refractivity contribution in [3.05, 3.63) is 21.0 Å². The van der Waals surface area contributed by atoms with E-state index in [0.717, 1.165) is 0 Å². The Bertz CT molecular complexity index is 516. The maximum absolute atomic E-state index is 12.0. The quantitative estimate of drug-likeness (QED) is 0.754. The Morgan fingerprint density at radius 3 is 2.85 bits per heavy atom. The molecule has 2 N–H and O–H groups in total. The van der Waals surface area contributed by atoms with Crippen LogP contribution in [0.5, 0.6) is 0 Å². The molecular weight excluding hydrogens is 328 g/mol. The molecule has 0 aliphatic carbocycles. The van der Waals surface area contributed by atoms with Crippen molar-refractivity contribution in [2.75, 3.05) is 25.6 Å². The van der Waals surface area contributed by atoms with Crippen molar-refractivity contribution < 1.29 is 9.53 Å². The molecular formula is C12H19BrN4O3. The van der Waals surface area contributed by atoms with Gasteiger partial charge in [0.25, 0.3) is 5.56 Å². The molecule has 0 radical (unpaired) electrons. The van der Waals surface area contributed by atoms with Crippen LogP contribution in [0.15, 0.2) is 15.5 Å². The van der Waals surface area contributed by atoms with Crippen molar-refractivity contribution >= 4 is 27.5 Å². The number of anilines is 1. The van der Waals surface area contributed by atoms with Gasteiger partial charge in [0.05, 0.1) is 31.6 Å². The molecule has 0 bridgehead atoms. The summed E-state index contributed by atoms with van der Waals surface area (Å²) in [5.74, 6) is -0.143. The topological polar surface area (TPSA) is 85.2 Å². The molecule has 0 saturated heterocycles. The van der Waals surface area contributed by atoms with Crippen LogP contribution in [0.4, 0.5) is 5.69 Å². The summed E-state index contributed by atoms with van der Waals surface area (Å²) in [7, 11) is 1.56. The maximum Gasteiger partial charge on any atom is 0.283 e. The lowest BCUT2D eigenvalue weighted by Gasteiger charge is -2.11. The van der Waals surface area contributed by atoms with Gasteiger partial charge in [0.15, 0.2) is 0 Å². The fourth-order valence-electron chi connectivity index (χ4n) is 1.47. The van der Waals surface area contributed by atoms with E-state index in [4.69, 9.17) is 4.74 Å². The third-order valence-corrected chi connectivity index (χ3v) is 3.15. The zero-order valence-corrected chi connectivity index (χ0v) is 13.4. The van der Waals surface area contributed by atoms with Crippen molar-refractivity contribution in [3.8, 4) is 0 Å². The highest BCUT2D eigenvalue weighted by molar-refractivity contribution is 9.10. The largest absolute Gasteiger partial charge is 0.383 e. The summed E-state index contributed by atoms with van der Waals surface area (Å²) in [5.41, 5.74) is 0.221. The monoisotopic (exact) mass is 346 g/mol. The molecule has 0 aliphatic heterocycles. The van der Waals surface area contributed by atoms with Gasteiger partial charge in [-0.05, 0) is 29.8 Å². The lowest BCUT2D eigenvalue weighted by Crippen LogP contribution is -2.35. The van der Waals surface area contributed by atoms with E-state index in [1.807, 2.05) is 13.8 Å². The van der Waals surface area contributed by atoms with Crippen molar-refractivity contribution in [1.82, 2.24) is 15.1 Å². The average Bonchev–Trinajstić information content (AvgIpc) is 2.38. The first-order chi connectivity index (χ1) is 9.45. The normalized spacial score (nSPS) is 10.7. The van der Waals surface area contributed by atoms with Gasteiger partial charge in [-0.2, -0.15) is 5.10 Å². The van der Waals surface area contributed by atoms with Crippen LogP contribution in [0.1, 0.15) is 13.8 Å². The molecule has 112 valence electrons. The maximum atomic E-state index is 12.0. The Labute approximate surface area is 125 Å². The molecule has 7 nitrogen and oxygen atoms in total. The smallest absolute Gasteiger partial charge is 0.283 e. The first-order valence-corrected chi connectivity index (χ1v) is 7.02. The molecule has 8 heteroatoms. The van der Waals surface area contributed by atoms with Crippen LogP contribution in [-0.2, 0) is 16.1 Å². The van der Waals surface area contributed by atoms with Gasteiger partial charge in [-0.25, -0.2) is 4.68 Å². The van der Waals surface area contributed by atoms with Gasteiger partial charge < -0.3 is 15.4 Å². The lowest BCUT2D eigenvalue weighted by molar-refractivity contribution is -0.119. The fraction of sp³-hybridized carbons (Fsp3) is 0.583. The number of halogens is 1. The molecule has 20 heavy (non-hydrogen) atoms. The van der Waals surface area contributed by atoms with E-state index in [1.165, 1.54) is 10.9 Å². The molecule has 0 unspecified atom stereocenters. The molecule has 0 fully saturated rings. The first kappa shape index (κ1) is 16.6. The second-order valence-electron chi connectivity index (χ2n) is 4.47. The number of hydrogen-bond acceptors (Lipinski definition) is 5. The van der Waals surface area contributed by atoms with Crippen LogP contribution in [0, 0.1) is 0 Å². The summed E-state index contributed by atoms with van der Waals surface area (Å²) in [6.07, 6.45) is 1.50. The fourth-order valence-corrected chi connectivity index (χ4v) is 1.92. The summed E-state index contributed by atoms with van der Waals surface area (Å²) in [6, 6.07) is 0.0768. The Kier molecular flexibility index (Phi) is 6.66. The SMILES string of the molecule is COCCn1ncc(NCC(=O)NC(C)C)c(Br)c1=O. The molecule has 1 aromatic heterocycles. The predicted molar refractivity (Wildman–Crippen MR) is 79.8 cm³/mol. The van der Waals surface area contributed by atoms with Crippen molar-refractivity contribution in [2.45, 2.75) is 26.4 Å². The van der Waals surface area contributed by atoms with E-state index >= 15 is 0 Å². The van der Waals surface area contributed by atoms with Crippen LogP contribution in [0.25, 0.3) is 0 Å². The Hall–Kier alpha value is -1.41. The van der Waals surface area contributed by atoms with E-state index in [2.05, 4.69) is 31.7 Å². The number of nitrogens with one attached hydrogen (secondary N) is 2. The van der Waals surface area contributed by atoms with Crippen molar-refractivity contribution in [1.29, 1.82) is 0 Å². The highest BCUT2D eigenvalue weighted by Gasteiger charge is 2.10.